The molecule has 1 aromatic carbocycles. The van der Waals surface area contributed by atoms with Gasteiger partial charge in [-0.2, -0.15) is 0 Å². The average Bonchev–Trinajstić information content (AvgIpc) is 2.36. The van der Waals surface area contributed by atoms with Crippen LogP contribution in [0, 0.1) is 0 Å². The molecular weight excluding hydrogens is 262 g/mol. The highest BCUT2D eigenvalue weighted by molar-refractivity contribution is 6.30. The van der Waals surface area contributed by atoms with Crippen molar-refractivity contribution in [3.05, 3.63) is 34.9 Å². The Kier molecular flexibility index (Phi) is 5.83. The predicted octanol–water partition coefficient (Wildman–Crippen LogP) is 3.46. The van der Waals surface area contributed by atoms with Gasteiger partial charge in [-0.15, -0.1) is 0 Å². The van der Waals surface area contributed by atoms with Gasteiger partial charge in [-0.3, -0.25) is 9.69 Å². The van der Waals surface area contributed by atoms with Crippen molar-refractivity contribution in [2.75, 3.05) is 20.7 Å². The van der Waals surface area contributed by atoms with E-state index in [0.29, 0.717) is 18.1 Å². The molecule has 0 heterocycles. The van der Waals surface area contributed by atoms with Crippen LogP contribution >= 0.6 is 11.6 Å². The van der Waals surface area contributed by atoms with Crippen LogP contribution in [0.2, 0.25) is 5.02 Å². The lowest BCUT2D eigenvalue weighted by atomic mass is 9.83. The monoisotopic (exact) mass is 283 g/mol. The molecule has 1 atom stereocenters. The van der Waals surface area contributed by atoms with Gasteiger partial charge in [0.25, 0.3) is 0 Å². The van der Waals surface area contributed by atoms with Gasteiger partial charge in [0.2, 0.25) is 0 Å². The van der Waals surface area contributed by atoms with E-state index in [0.717, 1.165) is 12.0 Å². The summed E-state index contributed by atoms with van der Waals surface area (Å²) in [5.74, 6) is -0.182. The normalized spacial score (nSPS) is 14.2. The molecule has 0 aliphatic heterocycles. The fraction of sp³-hybridized carbons (Fsp3) is 0.533. The van der Waals surface area contributed by atoms with Crippen molar-refractivity contribution in [1.29, 1.82) is 0 Å². The molecule has 0 aromatic heterocycles. The summed E-state index contributed by atoms with van der Waals surface area (Å²) in [5.41, 5.74) is 0.664. The Morgan fingerprint density at radius 3 is 2.53 bits per heavy atom. The quantitative estimate of drug-likeness (QED) is 0.749. The maximum atomic E-state index is 11.9. The van der Waals surface area contributed by atoms with Gasteiger partial charge in [-0.05, 0) is 45.1 Å². The van der Waals surface area contributed by atoms with Crippen LogP contribution in [0.4, 0.5) is 0 Å². The highest BCUT2D eigenvalue weighted by Crippen LogP contribution is 2.35. The third-order valence-electron chi connectivity index (χ3n) is 3.55. The van der Waals surface area contributed by atoms with E-state index < -0.39 is 0 Å². The minimum absolute atomic E-state index is 0.182. The van der Waals surface area contributed by atoms with Gasteiger partial charge in [0.05, 0.1) is 18.6 Å². The molecule has 4 heteroatoms. The van der Waals surface area contributed by atoms with E-state index in [-0.39, 0.29) is 11.5 Å². The molecule has 0 aliphatic carbocycles. The summed E-state index contributed by atoms with van der Waals surface area (Å²) in [7, 11) is 3.95. The molecule has 0 saturated heterocycles. The Morgan fingerprint density at radius 2 is 2.05 bits per heavy atom. The zero-order valence-corrected chi connectivity index (χ0v) is 12.8. The van der Waals surface area contributed by atoms with Crippen molar-refractivity contribution < 1.29 is 9.53 Å². The number of hydrogen-bond acceptors (Lipinski definition) is 3. The molecule has 0 amide bonds. The summed E-state index contributed by atoms with van der Waals surface area (Å²) in [4.78, 5) is 14.0. The number of halogens is 1. The first kappa shape index (κ1) is 16.0. The molecule has 0 fully saturated rings. The number of carbonyl (C=O) groups excluding carboxylic acids is 1. The smallest absolute Gasteiger partial charge is 0.308 e. The lowest BCUT2D eigenvalue weighted by molar-refractivity contribution is -0.146. The minimum Gasteiger partial charge on any atom is -0.466 e. The van der Waals surface area contributed by atoms with E-state index >= 15 is 0 Å². The summed E-state index contributed by atoms with van der Waals surface area (Å²) < 4.78 is 5.10. The SMILES string of the molecule is CCOC(=O)CC(CC)(c1cccc(Cl)c1)N(C)C. The highest BCUT2D eigenvalue weighted by Gasteiger charge is 2.36. The standard InChI is InChI=1S/C15H22ClNO2/c1-5-15(17(3)4,11-14(18)19-6-2)12-8-7-9-13(16)10-12/h7-10H,5-6,11H2,1-4H3. The number of carbonyl (C=O) groups is 1. The first-order valence-electron chi connectivity index (χ1n) is 6.55. The molecule has 19 heavy (non-hydrogen) atoms. The Bertz CT molecular complexity index is 434. The summed E-state index contributed by atoms with van der Waals surface area (Å²) in [6.45, 7) is 4.29. The molecule has 0 aliphatic rings. The second kappa shape index (κ2) is 6.92. The van der Waals surface area contributed by atoms with Crippen LogP contribution < -0.4 is 0 Å². The first-order chi connectivity index (χ1) is 8.96. The van der Waals surface area contributed by atoms with Crippen molar-refractivity contribution in [2.24, 2.45) is 0 Å². The molecule has 0 radical (unpaired) electrons. The molecule has 1 unspecified atom stereocenters. The van der Waals surface area contributed by atoms with Crippen LogP contribution in [-0.2, 0) is 15.1 Å². The molecule has 1 aromatic rings. The van der Waals surface area contributed by atoms with Crippen molar-refractivity contribution >= 4 is 17.6 Å². The number of hydrogen-bond donors (Lipinski definition) is 0. The summed E-state index contributed by atoms with van der Waals surface area (Å²) in [6, 6.07) is 7.68. The zero-order chi connectivity index (χ0) is 14.5. The predicted molar refractivity (Wildman–Crippen MR) is 78.4 cm³/mol. The Labute approximate surface area is 120 Å². The fourth-order valence-corrected chi connectivity index (χ4v) is 2.58. The van der Waals surface area contributed by atoms with Crippen molar-refractivity contribution in [3.8, 4) is 0 Å². The van der Waals surface area contributed by atoms with Crippen molar-refractivity contribution in [3.63, 3.8) is 0 Å². The van der Waals surface area contributed by atoms with Gasteiger partial charge in [0.1, 0.15) is 0 Å². The number of ether oxygens (including phenoxy) is 1. The van der Waals surface area contributed by atoms with Crippen molar-refractivity contribution in [2.45, 2.75) is 32.2 Å². The molecule has 0 saturated carbocycles. The third kappa shape index (κ3) is 3.71. The highest BCUT2D eigenvalue weighted by atomic mass is 35.5. The van der Waals surface area contributed by atoms with E-state index in [4.69, 9.17) is 16.3 Å². The van der Waals surface area contributed by atoms with Gasteiger partial charge in [-0.1, -0.05) is 30.7 Å². The molecule has 3 nitrogen and oxygen atoms in total. The van der Waals surface area contributed by atoms with Gasteiger partial charge < -0.3 is 4.74 Å². The molecule has 0 spiro atoms. The summed E-state index contributed by atoms with van der Waals surface area (Å²) in [6.07, 6.45) is 1.13. The first-order valence-corrected chi connectivity index (χ1v) is 6.93. The molecule has 0 bridgehead atoms. The largest absolute Gasteiger partial charge is 0.466 e. The average molecular weight is 284 g/mol. The van der Waals surface area contributed by atoms with Crippen LogP contribution in [0.15, 0.2) is 24.3 Å². The number of esters is 1. The van der Waals surface area contributed by atoms with E-state index in [1.165, 1.54) is 0 Å². The van der Waals surface area contributed by atoms with Crippen molar-refractivity contribution in [1.82, 2.24) is 4.90 Å². The molecule has 0 N–H and O–H groups in total. The third-order valence-corrected chi connectivity index (χ3v) is 3.78. The summed E-state index contributed by atoms with van der Waals surface area (Å²) >= 11 is 6.08. The van der Waals surface area contributed by atoms with Crippen LogP contribution in [0.3, 0.4) is 0 Å². The Balaban J connectivity index is 3.15. The van der Waals surface area contributed by atoms with Gasteiger partial charge in [-0.25, -0.2) is 0 Å². The van der Waals surface area contributed by atoms with E-state index in [1.54, 1.807) is 0 Å². The maximum absolute atomic E-state index is 11.9. The fourth-order valence-electron chi connectivity index (χ4n) is 2.39. The Hall–Kier alpha value is -1.06. The zero-order valence-electron chi connectivity index (χ0n) is 12.1. The lowest BCUT2D eigenvalue weighted by Crippen LogP contribution is -2.43. The lowest BCUT2D eigenvalue weighted by Gasteiger charge is -2.39. The Morgan fingerprint density at radius 1 is 1.37 bits per heavy atom. The van der Waals surface area contributed by atoms with Crippen LogP contribution in [0.1, 0.15) is 32.3 Å². The van der Waals surface area contributed by atoms with Crippen LogP contribution in [0.5, 0.6) is 0 Å². The van der Waals surface area contributed by atoms with E-state index in [2.05, 4.69) is 11.8 Å². The van der Waals surface area contributed by atoms with Gasteiger partial charge in [0.15, 0.2) is 0 Å². The van der Waals surface area contributed by atoms with Crippen LogP contribution in [0.25, 0.3) is 0 Å². The van der Waals surface area contributed by atoms with Gasteiger partial charge in [0, 0.05) is 5.02 Å². The maximum Gasteiger partial charge on any atom is 0.308 e. The van der Waals surface area contributed by atoms with E-state index in [1.807, 2.05) is 45.3 Å². The van der Waals surface area contributed by atoms with E-state index in [9.17, 15) is 4.79 Å². The second-order valence-electron chi connectivity index (χ2n) is 4.77. The van der Waals surface area contributed by atoms with Gasteiger partial charge >= 0.3 is 5.97 Å². The number of nitrogens with zero attached hydrogens (tertiary/aromatic N) is 1. The van der Waals surface area contributed by atoms with Crippen LogP contribution in [-0.4, -0.2) is 31.6 Å². The molecule has 1 rings (SSSR count). The number of benzene rings is 1. The molecular formula is C15H22ClNO2. The summed E-state index contributed by atoms with van der Waals surface area (Å²) in [5, 5.41) is 0.682. The molecule has 106 valence electrons. The minimum atomic E-state index is -0.378. The second-order valence-corrected chi connectivity index (χ2v) is 5.21. The number of rotatable bonds is 6. The topological polar surface area (TPSA) is 29.5 Å².